The van der Waals surface area contributed by atoms with Crippen LogP contribution in [0, 0.1) is 5.92 Å². The maximum Gasteiger partial charge on any atom is 0.220 e. The van der Waals surface area contributed by atoms with Crippen molar-refractivity contribution in [2.75, 3.05) is 32.8 Å². The molecule has 2 atom stereocenters. The van der Waals surface area contributed by atoms with E-state index in [9.17, 15) is 9.90 Å². The SMILES string of the molecule is O=C(CCC1CCCNC1)NCC1(O)CCOC1. The number of aliphatic hydroxyl groups is 1. The smallest absolute Gasteiger partial charge is 0.220 e. The third-order valence-corrected chi connectivity index (χ3v) is 3.88. The molecule has 2 rings (SSSR count). The first kappa shape index (κ1) is 13.8. The molecule has 0 bridgehead atoms. The molecule has 2 unspecified atom stereocenters. The number of amides is 1. The quantitative estimate of drug-likeness (QED) is 0.649. The van der Waals surface area contributed by atoms with Crippen LogP contribution in [0.1, 0.15) is 32.1 Å². The number of carbonyl (C=O) groups excluding carboxylic acids is 1. The average molecular weight is 256 g/mol. The lowest BCUT2D eigenvalue weighted by molar-refractivity contribution is -0.122. The summed E-state index contributed by atoms with van der Waals surface area (Å²) in [6.07, 6.45) is 4.54. The van der Waals surface area contributed by atoms with Gasteiger partial charge in [0.2, 0.25) is 5.91 Å². The van der Waals surface area contributed by atoms with Crippen molar-refractivity contribution >= 4 is 5.91 Å². The van der Waals surface area contributed by atoms with E-state index in [1.165, 1.54) is 12.8 Å². The molecular weight excluding hydrogens is 232 g/mol. The molecule has 0 saturated carbocycles. The van der Waals surface area contributed by atoms with Gasteiger partial charge in [-0.15, -0.1) is 0 Å². The van der Waals surface area contributed by atoms with Gasteiger partial charge in [0.1, 0.15) is 5.60 Å². The van der Waals surface area contributed by atoms with Gasteiger partial charge in [0.05, 0.1) is 6.61 Å². The molecule has 0 aromatic rings. The molecule has 0 radical (unpaired) electrons. The first-order valence-corrected chi connectivity index (χ1v) is 6.95. The molecule has 18 heavy (non-hydrogen) atoms. The van der Waals surface area contributed by atoms with Gasteiger partial charge in [-0.2, -0.15) is 0 Å². The molecule has 0 aromatic heterocycles. The fourth-order valence-corrected chi connectivity index (χ4v) is 2.59. The molecular formula is C13H24N2O3. The van der Waals surface area contributed by atoms with Crippen molar-refractivity contribution in [3.8, 4) is 0 Å². The predicted molar refractivity (Wildman–Crippen MR) is 68.2 cm³/mol. The van der Waals surface area contributed by atoms with Gasteiger partial charge in [0.15, 0.2) is 0 Å². The second kappa shape index (κ2) is 6.50. The van der Waals surface area contributed by atoms with Gasteiger partial charge in [0, 0.05) is 26.0 Å². The Balaban J connectivity index is 1.59. The van der Waals surface area contributed by atoms with Crippen LogP contribution >= 0.6 is 0 Å². The lowest BCUT2D eigenvalue weighted by Crippen LogP contribution is -2.43. The Bertz CT molecular complexity index is 271. The van der Waals surface area contributed by atoms with Crippen LogP contribution in [0.5, 0.6) is 0 Å². The Morgan fingerprint density at radius 1 is 1.56 bits per heavy atom. The van der Waals surface area contributed by atoms with Gasteiger partial charge in [-0.05, 0) is 38.3 Å². The Morgan fingerprint density at radius 3 is 3.11 bits per heavy atom. The number of hydrogen-bond acceptors (Lipinski definition) is 4. The molecule has 2 saturated heterocycles. The van der Waals surface area contributed by atoms with E-state index < -0.39 is 5.60 Å². The predicted octanol–water partition coefficient (Wildman–Crippen LogP) is 0.0338. The van der Waals surface area contributed by atoms with Gasteiger partial charge >= 0.3 is 0 Å². The van der Waals surface area contributed by atoms with Crippen LogP contribution in [-0.2, 0) is 9.53 Å². The summed E-state index contributed by atoms with van der Waals surface area (Å²) in [4.78, 5) is 11.7. The largest absolute Gasteiger partial charge is 0.386 e. The third-order valence-electron chi connectivity index (χ3n) is 3.88. The van der Waals surface area contributed by atoms with Gasteiger partial charge in [-0.1, -0.05) is 0 Å². The summed E-state index contributed by atoms with van der Waals surface area (Å²) in [5.74, 6) is 0.670. The highest BCUT2D eigenvalue weighted by Gasteiger charge is 2.32. The van der Waals surface area contributed by atoms with Crippen LogP contribution in [0.15, 0.2) is 0 Å². The van der Waals surface area contributed by atoms with E-state index in [-0.39, 0.29) is 5.91 Å². The minimum Gasteiger partial charge on any atom is -0.386 e. The maximum absolute atomic E-state index is 11.7. The monoisotopic (exact) mass is 256 g/mol. The van der Waals surface area contributed by atoms with Crippen LogP contribution < -0.4 is 10.6 Å². The first-order valence-electron chi connectivity index (χ1n) is 6.95. The molecule has 2 aliphatic rings. The van der Waals surface area contributed by atoms with Crippen molar-refractivity contribution in [1.29, 1.82) is 0 Å². The summed E-state index contributed by atoms with van der Waals surface area (Å²) in [6.45, 7) is 3.37. The zero-order valence-electron chi connectivity index (χ0n) is 10.9. The topological polar surface area (TPSA) is 70.6 Å². The number of hydrogen-bond donors (Lipinski definition) is 3. The average Bonchev–Trinajstić information content (AvgIpc) is 2.83. The summed E-state index contributed by atoms with van der Waals surface area (Å²) in [7, 11) is 0. The first-order chi connectivity index (χ1) is 8.68. The van der Waals surface area contributed by atoms with Crippen molar-refractivity contribution in [2.24, 2.45) is 5.92 Å². The molecule has 1 amide bonds. The number of nitrogens with one attached hydrogen (secondary N) is 2. The third kappa shape index (κ3) is 4.23. The van der Waals surface area contributed by atoms with E-state index in [4.69, 9.17) is 4.74 Å². The standard InChI is InChI=1S/C13H24N2O3/c16-12(4-3-11-2-1-6-14-8-11)15-9-13(17)5-7-18-10-13/h11,14,17H,1-10H2,(H,15,16). The fourth-order valence-electron chi connectivity index (χ4n) is 2.59. The number of rotatable bonds is 5. The molecule has 0 aromatic carbocycles. The highest BCUT2D eigenvalue weighted by Crippen LogP contribution is 2.18. The van der Waals surface area contributed by atoms with E-state index in [0.29, 0.717) is 38.5 Å². The summed E-state index contributed by atoms with van der Waals surface area (Å²) in [5.41, 5.74) is -0.845. The molecule has 2 aliphatic heterocycles. The van der Waals surface area contributed by atoms with Crippen LogP contribution in [0.2, 0.25) is 0 Å². The van der Waals surface area contributed by atoms with Crippen molar-refractivity contribution in [3.63, 3.8) is 0 Å². The van der Waals surface area contributed by atoms with E-state index >= 15 is 0 Å². The van der Waals surface area contributed by atoms with E-state index in [0.717, 1.165) is 19.5 Å². The van der Waals surface area contributed by atoms with Crippen LogP contribution in [-0.4, -0.2) is 49.5 Å². The molecule has 0 spiro atoms. The zero-order chi connectivity index (χ0) is 12.8. The minimum atomic E-state index is -0.845. The van der Waals surface area contributed by atoms with Crippen LogP contribution in [0.4, 0.5) is 0 Å². The van der Waals surface area contributed by atoms with Crippen LogP contribution in [0.25, 0.3) is 0 Å². The second-order valence-corrected chi connectivity index (χ2v) is 5.55. The lowest BCUT2D eigenvalue weighted by atomic mass is 9.94. The molecule has 2 heterocycles. The van der Waals surface area contributed by atoms with E-state index in [1.54, 1.807) is 0 Å². The summed E-state index contributed by atoms with van der Waals surface area (Å²) in [6, 6.07) is 0. The Morgan fingerprint density at radius 2 is 2.44 bits per heavy atom. The zero-order valence-corrected chi connectivity index (χ0v) is 10.9. The van der Waals surface area contributed by atoms with Gasteiger partial charge < -0.3 is 20.5 Å². The molecule has 5 nitrogen and oxygen atoms in total. The molecule has 104 valence electrons. The van der Waals surface area contributed by atoms with Gasteiger partial charge in [-0.25, -0.2) is 0 Å². The van der Waals surface area contributed by atoms with Gasteiger partial charge in [-0.3, -0.25) is 4.79 Å². The van der Waals surface area contributed by atoms with Crippen LogP contribution in [0.3, 0.4) is 0 Å². The summed E-state index contributed by atoms with van der Waals surface area (Å²) < 4.78 is 5.14. The number of piperidine rings is 1. The maximum atomic E-state index is 11.7. The van der Waals surface area contributed by atoms with Crippen molar-refractivity contribution in [3.05, 3.63) is 0 Å². The van der Waals surface area contributed by atoms with Gasteiger partial charge in [0.25, 0.3) is 0 Å². The fraction of sp³-hybridized carbons (Fsp3) is 0.923. The normalized spacial score (nSPS) is 32.4. The number of ether oxygens (including phenoxy) is 1. The molecule has 3 N–H and O–H groups in total. The van der Waals surface area contributed by atoms with Crippen molar-refractivity contribution < 1.29 is 14.6 Å². The molecule has 5 heteroatoms. The van der Waals surface area contributed by atoms with E-state index in [2.05, 4.69) is 10.6 Å². The molecule has 0 aliphatic carbocycles. The Kier molecular flexibility index (Phi) is 4.97. The van der Waals surface area contributed by atoms with Crippen molar-refractivity contribution in [2.45, 2.75) is 37.7 Å². The molecule has 2 fully saturated rings. The lowest BCUT2D eigenvalue weighted by Gasteiger charge is -2.23. The van der Waals surface area contributed by atoms with E-state index in [1.807, 2.05) is 0 Å². The summed E-state index contributed by atoms with van der Waals surface area (Å²) in [5, 5.41) is 16.2. The van der Waals surface area contributed by atoms with Crippen molar-refractivity contribution in [1.82, 2.24) is 10.6 Å². The highest BCUT2D eigenvalue weighted by atomic mass is 16.5. The second-order valence-electron chi connectivity index (χ2n) is 5.55. The number of carbonyl (C=O) groups is 1. The highest BCUT2D eigenvalue weighted by molar-refractivity contribution is 5.75. The summed E-state index contributed by atoms with van der Waals surface area (Å²) >= 11 is 0. The minimum absolute atomic E-state index is 0.0425. The Hall–Kier alpha value is -0.650. The Labute approximate surface area is 108 Å².